The minimum atomic E-state index is -4.77. The molecule has 0 saturated carbocycles. The van der Waals surface area contributed by atoms with Crippen LogP contribution < -0.4 is 21.2 Å². The van der Waals surface area contributed by atoms with Gasteiger partial charge in [0.1, 0.15) is 11.6 Å². The van der Waals surface area contributed by atoms with Gasteiger partial charge < -0.3 is 15.8 Å². The highest BCUT2D eigenvalue weighted by Gasteiger charge is 2.31. The van der Waals surface area contributed by atoms with Gasteiger partial charge in [0.15, 0.2) is 10.9 Å². The fourth-order valence-corrected chi connectivity index (χ4v) is 4.02. The normalized spacial score (nSPS) is 12.3. The largest absolute Gasteiger partial charge is 0.573 e. The number of fused-ring (bicyclic) bond motifs is 1. The van der Waals surface area contributed by atoms with Crippen molar-refractivity contribution in [1.82, 2.24) is 15.2 Å². The average molecular weight is 554 g/mol. The van der Waals surface area contributed by atoms with E-state index < -0.39 is 6.36 Å². The Morgan fingerprint density at radius 2 is 1.82 bits per heavy atom. The fourth-order valence-electron chi connectivity index (χ4n) is 3.85. The maximum atomic E-state index is 12.4. The zero-order valence-electron chi connectivity index (χ0n) is 21.3. The Morgan fingerprint density at radius 3 is 2.51 bits per heavy atom. The van der Waals surface area contributed by atoms with Gasteiger partial charge in [0.2, 0.25) is 0 Å². The summed E-state index contributed by atoms with van der Waals surface area (Å²) in [6, 6.07) is 18.7. The monoisotopic (exact) mass is 553 g/mol. The SMILES string of the molecule is CC(C)c1ccccc1NC(=S)N/N=C/c1ccc2c(N=C(N)c3ccc(OC(F)(F)F)cc3)nn(C)c2c1. The molecule has 0 aliphatic carbocycles. The number of hydrogen-bond donors (Lipinski definition) is 3. The second kappa shape index (κ2) is 11.5. The van der Waals surface area contributed by atoms with Crippen LogP contribution in [0.25, 0.3) is 10.9 Å². The smallest absolute Gasteiger partial charge is 0.406 e. The van der Waals surface area contributed by atoms with Gasteiger partial charge in [-0.3, -0.25) is 10.1 Å². The van der Waals surface area contributed by atoms with Crippen molar-refractivity contribution < 1.29 is 17.9 Å². The van der Waals surface area contributed by atoms with Crippen LogP contribution in [0.3, 0.4) is 0 Å². The van der Waals surface area contributed by atoms with Crippen LogP contribution >= 0.6 is 12.2 Å². The molecule has 0 aliphatic rings. The third-order valence-corrected chi connectivity index (χ3v) is 5.87. The molecule has 0 amide bonds. The molecule has 0 bridgehead atoms. The average Bonchev–Trinajstić information content (AvgIpc) is 3.18. The van der Waals surface area contributed by atoms with E-state index in [1.54, 1.807) is 17.9 Å². The van der Waals surface area contributed by atoms with E-state index in [2.05, 4.69) is 50.6 Å². The lowest BCUT2D eigenvalue weighted by atomic mass is 10.0. The van der Waals surface area contributed by atoms with Crippen LogP contribution in [0, 0.1) is 0 Å². The first-order valence-corrected chi connectivity index (χ1v) is 12.3. The quantitative estimate of drug-likeness (QED) is 0.113. The molecule has 0 fully saturated rings. The van der Waals surface area contributed by atoms with Gasteiger partial charge in [-0.2, -0.15) is 10.2 Å². The number of hydrazone groups is 1. The van der Waals surface area contributed by atoms with E-state index in [0.29, 0.717) is 22.4 Å². The zero-order valence-corrected chi connectivity index (χ0v) is 22.1. The second-order valence-electron chi connectivity index (χ2n) is 8.86. The van der Waals surface area contributed by atoms with E-state index in [4.69, 9.17) is 18.0 Å². The van der Waals surface area contributed by atoms with Crippen LogP contribution in [0.5, 0.6) is 5.75 Å². The number of aromatic nitrogens is 2. The van der Waals surface area contributed by atoms with E-state index in [0.717, 1.165) is 27.7 Å². The zero-order chi connectivity index (χ0) is 28.2. The molecule has 4 aromatic rings. The number of benzene rings is 3. The number of hydrogen-bond acceptors (Lipinski definition) is 5. The predicted molar refractivity (Wildman–Crippen MR) is 152 cm³/mol. The van der Waals surface area contributed by atoms with Gasteiger partial charge in [0.25, 0.3) is 0 Å². The lowest BCUT2D eigenvalue weighted by Crippen LogP contribution is -2.24. The van der Waals surface area contributed by atoms with Crippen LogP contribution in [0.1, 0.15) is 36.5 Å². The van der Waals surface area contributed by atoms with Crippen molar-refractivity contribution in [2.24, 2.45) is 22.9 Å². The number of alkyl halides is 3. The molecule has 1 heterocycles. The van der Waals surface area contributed by atoms with E-state index in [1.807, 2.05) is 36.4 Å². The van der Waals surface area contributed by atoms with Gasteiger partial charge in [0, 0.05) is 23.7 Å². The molecule has 4 rings (SSSR count). The molecule has 0 radical (unpaired) electrons. The highest BCUT2D eigenvalue weighted by molar-refractivity contribution is 7.80. The number of nitrogens with one attached hydrogen (secondary N) is 2. The van der Waals surface area contributed by atoms with E-state index in [1.165, 1.54) is 24.3 Å². The Hall–Kier alpha value is -4.45. The summed E-state index contributed by atoms with van der Waals surface area (Å²) in [5.41, 5.74) is 13.0. The van der Waals surface area contributed by atoms with Gasteiger partial charge in [0.05, 0.1) is 11.7 Å². The Labute approximate surface area is 228 Å². The molecular formula is C27H26F3N7OS. The van der Waals surface area contributed by atoms with Crippen LogP contribution in [0.15, 0.2) is 76.8 Å². The standard InChI is InChI=1S/C27H26F3N7OS/c1-16(2)20-6-4-5-7-22(20)33-26(39)35-32-15-17-8-13-21-23(14-17)37(3)36-25(21)34-24(31)18-9-11-19(12-10-18)38-27(28,29)30/h4-16H,1-3H3,(H2,31,34,36)(H2,33,35,39)/b32-15+. The number of aryl methyl sites for hydroxylation is 1. The highest BCUT2D eigenvalue weighted by atomic mass is 32.1. The first-order chi connectivity index (χ1) is 18.5. The fraction of sp³-hybridized carbons (Fsp3) is 0.185. The molecule has 0 spiro atoms. The Balaban J connectivity index is 1.45. The van der Waals surface area contributed by atoms with Gasteiger partial charge in [-0.1, -0.05) is 38.1 Å². The summed E-state index contributed by atoms with van der Waals surface area (Å²) in [6.07, 6.45) is -3.13. The maximum Gasteiger partial charge on any atom is 0.573 e. The Morgan fingerprint density at radius 1 is 1.10 bits per heavy atom. The summed E-state index contributed by atoms with van der Waals surface area (Å²) >= 11 is 5.38. The van der Waals surface area contributed by atoms with Gasteiger partial charge in [-0.25, -0.2) is 4.99 Å². The third-order valence-electron chi connectivity index (χ3n) is 5.68. The van der Waals surface area contributed by atoms with Crippen molar-refractivity contribution in [3.8, 4) is 5.75 Å². The van der Waals surface area contributed by atoms with Crippen molar-refractivity contribution >= 4 is 51.8 Å². The van der Waals surface area contributed by atoms with Crippen molar-refractivity contribution in [2.45, 2.75) is 26.1 Å². The lowest BCUT2D eigenvalue weighted by Gasteiger charge is -2.14. The first kappa shape index (κ1) is 27.6. The predicted octanol–water partition coefficient (Wildman–Crippen LogP) is 5.95. The highest BCUT2D eigenvalue weighted by Crippen LogP contribution is 2.27. The summed E-state index contributed by atoms with van der Waals surface area (Å²) in [4.78, 5) is 4.38. The molecule has 0 aliphatic heterocycles. The first-order valence-electron chi connectivity index (χ1n) is 11.9. The van der Waals surface area contributed by atoms with Crippen LogP contribution in [-0.2, 0) is 7.05 Å². The van der Waals surface area contributed by atoms with Crippen molar-refractivity contribution in [1.29, 1.82) is 0 Å². The number of ether oxygens (including phenoxy) is 1. The number of aliphatic imine (C=N–C) groups is 1. The molecular weight excluding hydrogens is 527 g/mol. The molecule has 0 atom stereocenters. The number of nitrogens with zero attached hydrogens (tertiary/aromatic N) is 4. The molecule has 202 valence electrons. The molecule has 8 nitrogen and oxygen atoms in total. The number of thiocarbonyl (C=S) groups is 1. The molecule has 4 N–H and O–H groups in total. The summed E-state index contributed by atoms with van der Waals surface area (Å²) in [7, 11) is 1.77. The second-order valence-corrected chi connectivity index (χ2v) is 9.27. The maximum absolute atomic E-state index is 12.4. The molecule has 12 heteroatoms. The number of nitrogens with two attached hydrogens (primary N) is 1. The van der Waals surface area contributed by atoms with Crippen molar-refractivity contribution in [2.75, 3.05) is 5.32 Å². The third kappa shape index (κ3) is 7.11. The van der Waals surface area contributed by atoms with E-state index >= 15 is 0 Å². The van der Waals surface area contributed by atoms with Gasteiger partial charge >= 0.3 is 6.36 Å². The minimum Gasteiger partial charge on any atom is -0.406 e. The summed E-state index contributed by atoms with van der Waals surface area (Å²) in [6.45, 7) is 4.23. The summed E-state index contributed by atoms with van der Waals surface area (Å²) < 4.78 is 42.7. The minimum absolute atomic E-state index is 0.100. The van der Waals surface area contributed by atoms with Crippen LogP contribution in [0.2, 0.25) is 0 Å². The number of anilines is 1. The van der Waals surface area contributed by atoms with Gasteiger partial charge in [-0.05, 0) is 71.7 Å². The lowest BCUT2D eigenvalue weighted by molar-refractivity contribution is -0.274. The van der Waals surface area contributed by atoms with Crippen molar-refractivity contribution in [3.63, 3.8) is 0 Å². The molecule has 0 unspecified atom stereocenters. The van der Waals surface area contributed by atoms with E-state index in [-0.39, 0.29) is 11.6 Å². The van der Waals surface area contributed by atoms with Crippen LogP contribution in [-0.4, -0.2) is 33.3 Å². The van der Waals surface area contributed by atoms with E-state index in [9.17, 15) is 13.2 Å². The molecule has 1 aromatic heterocycles. The number of rotatable bonds is 7. The van der Waals surface area contributed by atoms with Crippen molar-refractivity contribution in [3.05, 3.63) is 83.4 Å². The number of halogens is 3. The molecule has 3 aromatic carbocycles. The topological polar surface area (TPSA) is 102 Å². The summed E-state index contributed by atoms with van der Waals surface area (Å²) in [5.74, 6) is 0.469. The summed E-state index contributed by atoms with van der Waals surface area (Å²) in [5, 5.41) is 12.9. The Kier molecular flexibility index (Phi) is 8.15. The van der Waals surface area contributed by atoms with Gasteiger partial charge in [-0.15, -0.1) is 13.2 Å². The molecule has 0 saturated heterocycles. The molecule has 39 heavy (non-hydrogen) atoms. The Bertz CT molecular complexity index is 1540. The number of amidine groups is 1. The number of para-hydroxylation sites is 1. The van der Waals surface area contributed by atoms with Crippen LogP contribution in [0.4, 0.5) is 24.7 Å².